The molecule has 1 heteroatoms. The van der Waals surface area contributed by atoms with E-state index in [4.69, 9.17) is 0 Å². The summed E-state index contributed by atoms with van der Waals surface area (Å²) in [5, 5.41) is 0. The molecule has 2 saturated carbocycles. The Kier molecular flexibility index (Phi) is 9.30. The molecular formula is C48H42Si. The Bertz CT molecular complexity index is 1650. The fourth-order valence-electron chi connectivity index (χ4n) is 8.46. The zero-order valence-electron chi connectivity index (χ0n) is 28.4. The van der Waals surface area contributed by atoms with Gasteiger partial charge in [0.05, 0.1) is 8.07 Å². The highest BCUT2D eigenvalue weighted by Gasteiger charge is 2.61. The van der Waals surface area contributed by atoms with Gasteiger partial charge in [-0.3, -0.25) is 0 Å². The van der Waals surface area contributed by atoms with E-state index in [-0.39, 0.29) is 11.8 Å². The molecule has 0 aliphatic heterocycles. The molecule has 2 atom stereocenters. The number of fused-ring (bicyclic) bond motifs is 2. The van der Waals surface area contributed by atoms with E-state index in [2.05, 4.69) is 196 Å². The van der Waals surface area contributed by atoms with Gasteiger partial charge in [-0.1, -0.05) is 183 Å². The molecule has 8 rings (SSSR count). The van der Waals surface area contributed by atoms with Gasteiger partial charge in [0.25, 0.3) is 0 Å². The van der Waals surface area contributed by atoms with E-state index >= 15 is 0 Å². The maximum absolute atomic E-state index is 2.62. The van der Waals surface area contributed by atoms with Crippen molar-refractivity contribution in [2.75, 3.05) is 0 Å². The molecule has 0 saturated heterocycles. The second-order valence-electron chi connectivity index (χ2n) is 14.0. The van der Waals surface area contributed by atoms with Crippen molar-refractivity contribution in [1.82, 2.24) is 0 Å². The van der Waals surface area contributed by atoms with Gasteiger partial charge >= 0.3 is 0 Å². The molecule has 4 aliphatic carbocycles. The highest BCUT2D eigenvalue weighted by Crippen LogP contribution is 2.65. The smallest absolute Gasteiger partial charge is 0.0642 e. The van der Waals surface area contributed by atoms with E-state index in [1.807, 2.05) is 0 Å². The zero-order chi connectivity index (χ0) is 33.2. The average Bonchev–Trinajstić information content (AvgIpc) is 3.51. The minimum absolute atomic E-state index is 0.214. The molecular weight excluding hydrogens is 605 g/mol. The van der Waals surface area contributed by atoms with E-state index in [1.165, 1.54) is 57.8 Å². The molecule has 2 fully saturated rings. The van der Waals surface area contributed by atoms with E-state index in [0.717, 1.165) is 12.8 Å². The summed E-state index contributed by atoms with van der Waals surface area (Å²) in [6, 6.07) is 44.2. The Morgan fingerprint density at radius 2 is 0.816 bits per heavy atom. The van der Waals surface area contributed by atoms with Gasteiger partial charge in [-0.2, -0.15) is 0 Å². The maximum atomic E-state index is 2.62. The van der Waals surface area contributed by atoms with Crippen molar-refractivity contribution in [3.63, 3.8) is 0 Å². The lowest BCUT2D eigenvalue weighted by Gasteiger charge is -2.45. The van der Waals surface area contributed by atoms with Crippen LogP contribution < -0.4 is 0 Å². The minimum atomic E-state index is -2.37. The van der Waals surface area contributed by atoms with Crippen molar-refractivity contribution in [2.45, 2.75) is 37.8 Å². The Labute approximate surface area is 296 Å². The normalized spacial score (nSPS) is 23.1. The number of hydrogen-bond donors (Lipinski definition) is 0. The SMILES string of the molecule is C[Si](C)([C]1[C](Cc2ccccc2)[CH][C]2[C]1C=CC=CC2c1ccccc1)[C]1[C](Cc2ccccc2)[CH][C]2[C]1C=CC=CC2c1ccccc1. The first-order valence-corrected chi connectivity index (χ1v) is 20.6. The predicted octanol–water partition coefficient (Wildman–Crippen LogP) is 11.1. The van der Waals surface area contributed by atoms with Crippen LogP contribution in [0.2, 0.25) is 13.1 Å². The van der Waals surface area contributed by atoms with Crippen LogP contribution in [0.4, 0.5) is 0 Å². The molecule has 10 radical (unpaired) electrons. The molecule has 4 aliphatic rings. The molecule has 2 unspecified atom stereocenters. The molecule has 0 bridgehead atoms. The lowest BCUT2D eigenvalue weighted by atomic mass is 9.80. The Morgan fingerprint density at radius 1 is 0.449 bits per heavy atom. The fraction of sp³-hybridized carbons (Fsp3) is 0.125. The van der Waals surface area contributed by atoms with Gasteiger partial charge in [0, 0.05) is 35.5 Å². The first kappa shape index (κ1) is 32.3. The number of benzene rings is 4. The van der Waals surface area contributed by atoms with Crippen LogP contribution in [-0.2, 0) is 12.8 Å². The van der Waals surface area contributed by atoms with Gasteiger partial charge in [0.15, 0.2) is 0 Å². The first-order valence-electron chi connectivity index (χ1n) is 17.6. The van der Waals surface area contributed by atoms with Crippen LogP contribution in [0.5, 0.6) is 0 Å². The van der Waals surface area contributed by atoms with Crippen LogP contribution in [0.25, 0.3) is 0 Å². The Hall–Kier alpha value is -3.94. The topological polar surface area (TPSA) is 0 Å². The molecule has 4 aromatic carbocycles. The Morgan fingerprint density at radius 3 is 1.20 bits per heavy atom. The van der Waals surface area contributed by atoms with Crippen molar-refractivity contribution < 1.29 is 0 Å². The third kappa shape index (κ3) is 6.43. The summed E-state index contributed by atoms with van der Waals surface area (Å²) in [5.41, 5.74) is 8.58. The van der Waals surface area contributed by atoms with Crippen molar-refractivity contribution in [3.8, 4) is 0 Å². The molecule has 0 spiro atoms. The van der Waals surface area contributed by atoms with Gasteiger partial charge in [0.2, 0.25) is 0 Å². The van der Waals surface area contributed by atoms with Crippen LogP contribution in [0.3, 0.4) is 0 Å². The number of rotatable bonds is 8. The van der Waals surface area contributed by atoms with E-state index in [0.29, 0.717) is 0 Å². The minimum Gasteiger partial charge on any atom is -0.0765 e. The van der Waals surface area contributed by atoms with Crippen LogP contribution in [0.1, 0.15) is 34.1 Å². The summed E-state index contributed by atoms with van der Waals surface area (Å²) in [4.78, 5) is 0. The molecule has 0 amide bonds. The van der Waals surface area contributed by atoms with Crippen LogP contribution in [0, 0.1) is 59.4 Å². The molecule has 0 aromatic heterocycles. The fourth-order valence-corrected chi connectivity index (χ4v) is 12.4. The van der Waals surface area contributed by atoms with E-state index < -0.39 is 8.07 Å². The van der Waals surface area contributed by atoms with Gasteiger partial charge in [-0.15, -0.1) is 0 Å². The summed E-state index contributed by atoms with van der Waals surface area (Å²) in [6.45, 7) is 5.24. The third-order valence-electron chi connectivity index (χ3n) is 10.5. The molecule has 4 aromatic rings. The summed E-state index contributed by atoms with van der Waals surface area (Å²) < 4.78 is 0. The van der Waals surface area contributed by atoms with Gasteiger partial charge in [0.1, 0.15) is 0 Å². The number of hydrogen-bond acceptors (Lipinski definition) is 0. The molecule has 0 N–H and O–H groups in total. The van der Waals surface area contributed by atoms with Crippen LogP contribution >= 0.6 is 0 Å². The van der Waals surface area contributed by atoms with Crippen molar-refractivity contribution in [2.24, 2.45) is 0 Å². The highest BCUT2D eigenvalue weighted by atomic mass is 28.3. The predicted molar refractivity (Wildman–Crippen MR) is 207 cm³/mol. The Balaban J connectivity index is 1.22. The van der Waals surface area contributed by atoms with Gasteiger partial charge in [-0.25, -0.2) is 0 Å². The summed E-state index contributed by atoms with van der Waals surface area (Å²) in [5.74, 6) is 9.10. The van der Waals surface area contributed by atoms with E-state index in [1.54, 1.807) is 11.1 Å². The summed E-state index contributed by atoms with van der Waals surface area (Å²) in [7, 11) is -2.37. The molecule has 238 valence electrons. The maximum Gasteiger partial charge on any atom is 0.0642 e. The van der Waals surface area contributed by atoms with Crippen LogP contribution in [0.15, 0.2) is 170 Å². The lowest BCUT2D eigenvalue weighted by molar-refractivity contribution is 0.876. The lowest BCUT2D eigenvalue weighted by Crippen LogP contribution is -2.49. The van der Waals surface area contributed by atoms with Gasteiger partial charge in [-0.05, 0) is 70.9 Å². The van der Waals surface area contributed by atoms with Crippen molar-refractivity contribution in [3.05, 3.63) is 252 Å². The monoisotopic (exact) mass is 646 g/mol. The van der Waals surface area contributed by atoms with Crippen molar-refractivity contribution in [1.29, 1.82) is 0 Å². The third-order valence-corrected chi connectivity index (χ3v) is 14.2. The van der Waals surface area contributed by atoms with Crippen molar-refractivity contribution >= 4 is 8.07 Å². The molecule has 0 heterocycles. The molecule has 49 heavy (non-hydrogen) atoms. The average molecular weight is 647 g/mol. The van der Waals surface area contributed by atoms with Gasteiger partial charge < -0.3 is 0 Å². The quantitative estimate of drug-likeness (QED) is 0.167. The second kappa shape index (κ2) is 14.1. The van der Waals surface area contributed by atoms with Crippen LogP contribution in [-0.4, -0.2) is 8.07 Å². The standard InChI is InChI=1S/C48H42Si/c1-49(2,47-39(31-35-19-7-3-8-20-35)33-45-41(27-15-17-29-43(45)47)37-23-11-5-12-24-37)48-40(32-36-21-9-4-10-22-36)34-46-42(28-16-18-30-44(46)48)38-25-13-6-14-26-38/h3-30,33-34,41-42H,31-32H2,1-2H3. The zero-order valence-corrected chi connectivity index (χ0v) is 29.4. The molecule has 0 nitrogen and oxygen atoms in total. The van der Waals surface area contributed by atoms with E-state index in [9.17, 15) is 0 Å². The summed E-state index contributed by atoms with van der Waals surface area (Å²) >= 11 is 0. The highest BCUT2D eigenvalue weighted by molar-refractivity contribution is 6.90. The summed E-state index contributed by atoms with van der Waals surface area (Å²) in [6.07, 6.45) is 25.6. The first-order chi connectivity index (χ1) is 24.1. The largest absolute Gasteiger partial charge is 0.0765 e. The number of allylic oxidation sites excluding steroid dienone is 8. The second-order valence-corrected chi connectivity index (χ2v) is 18.3.